The van der Waals surface area contributed by atoms with Crippen LogP contribution in [-0.2, 0) is 4.79 Å². The topological polar surface area (TPSA) is 134 Å². The molecule has 4 aromatic rings. The van der Waals surface area contributed by atoms with Crippen molar-refractivity contribution < 1.29 is 9.18 Å². The van der Waals surface area contributed by atoms with Crippen LogP contribution >= 0.6 is 0 Å². The number of benzene rings is 1. The number of likely N-dealkylation sites (tertiary alicyclic amines) is 1. The van der Waals surface area contributed by atoms with E-state index in [1.165, 1.54) is 6.08 Å². The van der Waals surface area contributed by atoms with Gasteiger partial charge in [0.05, 0.1) is 29.1 Å². The number of halogens is 1. The Bertz CT molecular complexity index is 1440. The zero-order chi connectivity index (χ0) is 25.8. The molecule has 1 aliphatic rings. The largest absolute Gasteiger partial charge is 0.383 e. The van der Waals surface area contributed by atoms with Gasteiger partial charge in [-0.15, -0.1) is 0 Å². The number of alkyl halides is 1. The molecule has 0 atom stereocenters. The van der Waals surface area contributed by atoms with Gasteiger partial charge >= 0.3 is 0 Å². The second kappa shape index (κ2) is 10.5. The number of nitrogen functional groups attached to an aromatic ring is 1. The lowest BCUT2D eigenvalue weighted by molar-refractivity contribution is -0.111. The maximum Gasteiger partial charge on any atom is 0.247 e. The second-order valence-electron chi connectivity index (χ2n) is 8.60. The van der Waals surface area contributed by atoms with E-state index in [4.69, 9.17) is 10.7 Å². The standard InChI is InChI=1S/C26H26FN9O/c1-2-23(37)32-16-8-10-29-21(12-16)19-4-3-5-20-24(19)34-26(35-25(20)28)33-17-6-7-22(30-13-17)31-18-14-36(15-18)11-9-27/h2-8,10,12-13,18H,1,9,11,14-15H2,(H,30,31)(H,29,32,37)(H3,28,33,34,35). The van der Waals surface area contributed by atoms with Crippen molar-refractivity contribution in [3.8, 4) is 11.3 Å². The van der Waals surface area contributed by atoms with Crippen LogP contribution in [0.5, 0.6) is 0 Å². The predicted octanol–water partition coefficient (Wildman–Crippen LogP) is 3.60. The van der Waals surface area contributed by atoms with E-state index in [0.717, 1.165) is 24.5 Å². The van der Waals surface area contributed by atoms with Crippen LogP contribution in [0.1, 0.15) is 0 Å². The number of fused-ring (bicyclic) bond motifs is 1. The highest BCUT2D eigenvalue weighted by Gasteiger charge is 2.26. The Hall–Kier alpha value is -4.64. The number of nitrogens with one attached hydrogen (secondary N) is 3. The maximum absolute atomic E-state index is 12.4. The fourth-order valence-electron chi connectivity index (χ4n) is 4.14. The normalized spacial score (nSPS) is 13.6. The molecule has 0 radical (unpaired) electrons. The number of hydrogen-bond donors (Lipinski definition) is 4. The molecule has 37 heavy (non-hydrogen) atoms. The van der Waals surface area contributed by atoms with Gasteiger partial charge in [-0.1, -0.05) is 18.7 Å². The van der Waals surface area contributed by atoms with Crippen LogP contribution in [0.3, 0.4) is 0 Å². The number of amides is 1. The highest BCUT2D eigenvalue weighted by Crippen LogP contribution is 2.31. The number of aromatic nitrogens is 4. The van der Waals surface area contributed by atoms with Gasteiger partial charge < -0.3 is 21.7 Å². The van der Waals surface area contributed by atoms with Crippen LogP contribution in [0.2, 0.25) is 0 Å². The van der Waals surface area contributed by atoms with Crippen molar-refractivity contribution in [2.45, 2.75) is 6.04 Å². The SMILES string of the molecule is C=CC(=O)Nc1ccnc(-c2cccc3c(N)nc(Nc4ccc(NC5CN(CCF)C5)nc4)nc23)c1. The van der Waals surface area contributed by atoms with E-state index in [1.807, 2.05) is 35.2 Å². The number of para-hydroxylation sites is 1. The Balaban J connectivity index is 1.36. The van der Waals surface area contributed by atoms with Crippen LogP contribution in [0.15, 0.2) is 67.5 Å². The van der Waals surface area contributed by atoms with Gasteiger partial charge in [-0.25, -0.2) is 14.4 Å². The van der Waals surface area contributed by atoms with Crippen LogP contribution in [-0.4, -0.2) is 63.1 Å². The Morgan fingerprint density at radius 1 is 1.16 bits per heavy atom. The van der Waals surface area contributed by atoms with E-state index < -0.39 is 0 Å². The van der Waals surface area contributed by atoms with Crippen molar-refractivity contribution in [1.82, 2.24) is 24.8 Å². The van der Waals surface area contributed by atoms with Gasteiger partial charge in [-0.05, 0) is 36.4 Å². The average Bonchev–Trinajstić information content (AvgIpc) is 2.88. The molecular formula is C26H26FN9O. The number of carbonyl (C=O) groups is 1. The number of pyridine rings is 2. The molecule has 188 valence electrons. The Morgan fingerprint density at radius 2 is 2.03 bits per heavy atom. The lowest BCUT2D eigenvalue weighted by Gasteiger charge is -2.39. The molecule has 11 heteroatoms. The van der Waals surface area contributed by atoms with Crippen molar-refractivity contribution in [1.29, 1.82) is 0 Å². The molecule has 0 bridgehead atoms. The van der Waals surface area contributed by atoms with Gasteiger partial charge in [0.15, 0.2) is 0 Å². The molecule has 0 saturated carbocycles. The first-order valence-electron chi connectivity index (χ1n) is 11.8. The molecule has 0 unspecified atom stereocenters. The molecule has 1 fully saturated rings. The van der Waals surface area contributed by atoms with E-state index >= 15 is 0 Å². The summed E-state index contributed by atoms with van der Waals surface area (Å²) in [5, 5.41) is 9.93. The summed E-state index contributed by atoms with van der Waals surface area (Å²) in [6, 6.07) is 13.0. The third-order valence-electron chi connectivity index (χ3n) is 5.97. The molecule has 1 amide bonds. The third-order valence-corrected chi connectivity index (χ3v) is 5.97. The monoisotopic (exact) mass is 499 g/mol. The molecule has 1 saturated heterocycles. The van der Waals surface area contributed by atoms with Crippen LogP contribution < -0.4 is 21.7 Å². The molecule has 0 aliphatic carbocycles. The zero-order valence-corrected chi connectivity index (χ0v) is 20.0. The number of hydrogen-bond acceptors (Lipinski definition) is 9. The summed E-state index contributed by atoms with van der Waals surface area (Å²) >= 11 is 0. The minimum absolute atomic E-state index is 0.261. The quantitative estimate of drug-likeness (QED) is 0.255. The van der Waals surface area contributed by atoms with Gasteiger partial charge in [0, 0.05) is 42.5 Å². The maximum atomic E-state index is 12.4. The first-order valence-corrected chi connectivity index (χ1v) is 11.8. The predicted molar refractivity (Wildman–Crippen MR) is 143 cm³/mol. The zero-order valence-electron chi connectivity index (χ0n) is 20.0. The Morgan fingerprint density at radius 3 is 2.78 bits per heavy atom. The van der Waals surface area contributed by atoms with Crippen molar-refractivity contribution in [2.75, 3.05) is 48.0 Å². The summed E-state index contributed by atoms with van der Waals surface area (Å²) in [5.74, 6) is 1.07. The molecule has 5 N–H and O–H groups in total. The van der Waals surface area contributed by atoms with Gasteiger partial charge in [0.25, 0.3) is 0 Å². The smallest absolute Gasteiger partial charge is 0.247 e. The fourth-order valence-corrected chi connectivity index (χ4v) is 4.14. The minimum Gasteiger partial charge on any atom is -0.383 e. The summed E-state index contributed by atoms with van der Waals surface area (Å²) in [5.41, 5.74) is 9.53. The van der Waals surface area contributed by atoms with Crippen molar-refractivity contribution in [3.05, 3.63) is 67.5 Å². The van der Waals surface area contributed by atoms with Gasteiger partial charge in [-0.2, -0.15) is 4.98 Å². The number of nitrogens with zero attached hydrogens (tertiary/aromatic N) is 5. The number of anilines is 5. The third kappa shape index (κ3) is 5.46. The van der Waals surface area contributed by atoms with Crippen molar-refractivity contribution in [2.24, 2.45) is 0 Å². The van der Waals surface area contributed by atoms with E-state index in [2.05, 4.69) is 37.5 Å². The summed E-state index contributed by atoms with van der Waals surface area (Å²) in [6.07, 6.45) is 4.50. The summed E-state index contributed by atoms with van der Waals surface area (Å²) in [6.45, 7) is 5.22. The molecule has 10 nitrogen and oxygen atoms in total. The summed E-state index contributed by atoms with van der Waals surface area (Å²) in [4.78, 5) is 31.8. The lowest BCUT2D eigenvalue weighted by Crippen LogP contribution is -2.55. The van der Waals surface area contributed by atoms with Crippen molar-refractivity contribution >= 4 is 45.8 Å². The molecule has 1 aliphatic heterocycles. The average molecular weight is 500 g/mol. The summed E-state index contributed by atoms with van der Waals surface area (Å²) < 4.78 is 12.4. The molecular weight excluding hydrogens is 473 g/mol. The van der Waals surface area contributed by atoms with Crippen LogP contribution in [0.25, 0.3) is 22.2 Å². The van der Waals surface area contributed by atoms with E-state index in [1.54, 1.807) is 24.5 Å². The van der Waals surface area contributed by atoms with Gasteiger partial charge in [-0.3, -0.25) is 14.7 Å². The summed E-state index contributed by atoms with van der Waals surface area (Å²) in [7, 11) is 0. The lowest BCUT2D eigenvalue weighted by atomic mass is 10.1. The molecule has 4 heterocycles. The fraction of sp³-hybridized carbons (Fsp3) is 0.192. The number of carbonyl (C=O) groups excluding carboxylic acids is 1. The molecule has 3 aromatic heterocycles. The van der Waals surface area contributed by atoms with Crippen LogP contribution in [0, 0.1) is 0 Å². The first-order chi connectivity index (χ1) is 18.0. The van der Waals surface area contributed by atoms with Crippen LogP contribution in [0.4, 0.5) is 33.3 Å². The molecule has 0 spiro atoms. The highest BCUT2D eigenvalue weighted by molar-refractivity contribution is 6.01. The van der Waals surface area contributed by atoms with E-state index in [9.17, 15) is 9.18 Å². The molecule has 5 rings (SSSR count). The number of rotatable bonds is 9. The second-order valence-corrected chi connectivity index (χ2v) is 8.60. The first kappa shape index (κ1) is 24.1. The molecule has 1 aromatic carbocycles. The van der Waals surface area contributed by atoms with E-state index in [-0.39, 0.29) is 18.6 Å². The van der Waals surface area contributed by atoms with Gasteiger partial charge in [0.2, 0.25) is 11.9 Å². The minimum atomic E-state index is -0.328. The Labute approximate surface area is 212 Å². The van der Waals surface area contributed by atoms with Gasteiger partial charge in [0.1, 0.15) is 18.3 Å². The number of nitrogens with two attached hydrogens (primary N) is 1. The highest BCUT2D eigenvalue weighted by atomic mass is 19.1. The Kier molecular flexibility index (Phi) is 6.86. The van der Waals surface area contributed by atoms with Crippen molar-refractivity contribution in [3.63, 3.8) is 0 Å². The van der Waals surface area contributed by atoms with E-state index in [0.29, 0.717) is 46.3 Å².